The number of rotatable bonds is 9. The summed E-state index contributed by atoms with van der Waals surface area (Å²) in [6.45, 7) is 4.43. The van der Waals surface area contributed by atoms with E-state index in [9.17, 15) is 0 Å². The lowest BCUT2D eigenvalue weighted by Gasteiger charge is -2.26. The number of nitrogens with zero attached hydrogens (tertiary/aromatic N) is 6. The Morgan fingerprint density at radius 3 is 2.67 bits per heavy atom. The number of fused-ring (bicyclic) bond motifs is 1. The van der Waals surface area contributed by atoms with Crippen LogP contribution < -0.4 is 20.3 Å². The van der Waals surface area contributed by atoms with Gasteiger partial charge in [0.2, 0.25) is 0 Å². The number of methoxy groups -OCH3 is 1. The molecule has 0 saturated carbocycles. The lowest BCUT2D eigenvalue weighted by molar-refractivity contribution is 0.346. The fraction of sp³-hybridized carbons (Fsp3) is 0.370. The molecule has 9 heteroatoms. The number of ether oxygens (including phenoxy) is 1. The number of likely N-dealkylation sites (tertiary alicyclic amines) is 1. The topological polar surface area (TPSA) is 83.4 Å². The molecule has 1 aliphatic rings. The molecule has 0 bridgehead atoms. The third-order valence-corrected chi connectivity index (χ3v) is 6.92. The van der Waals surface area contributed by atoms with E-state index in [0.29, 0.717) is 5.82 Å². The minimum absolute atomic E-state index is 0.696. The van der Waals surface area contributed by atoms with Crippen molar-refractivity contribution in [1.29, 1.82) is 0 Å². The molecular weight excluding hydrogens is 452 g/mol. The van der Waals surface area contributed by atoms with Crippen LogP contribution in [0.25, 0.3) is 22.2 Å². The van der Waals surface area contributed by atoms with E-state index in [1.165, 1.54) is 25.9 Å². The van der Waals surface area contributed by atoms with E-state index in [1.54, 1.807) is 13.4 Å². The highest BCUT2D eigenvalue weighted by molar-refractivity contribution is 5.85. The van der Waals surface area contributed by atoms with Crippen LogP contribution in [-0.2, 0) is 7.05 Å². The van der Waals surface area contributed by atoms with Crippen molar-refractivity contribution in [3.05, 3.63) is 48.9 Å². The maximum absolute atomic E-state index is 5.77. The maximum atomic E-state index is 5.77. The van der Waals surface area contributed by atoms with Gasteiger partial charge in [-0.25, -0.2) is 9.97 Å². The summed E-state index contributed by atoms with van der Waals surface area (Å²) in [5.74, 6) is 1.45. The standard InChI is InChI=1S/C27H34N8O/c1-28-22-14-23(26(36-4)16-25(22)33(2)11-12-35-9-5-6-10-35)32-27-15-21(29-18-30-27)19-7-8-24-20(13-19)17-31-34(24)3/h7-8,13-18,28H,5-6,9-12H2,1-4H3,(H,29,30,32). The molecule has 0 spiro atoms. The van der Waals surface area contributed by atoms with E-state index in [1.807, 2.05) is 31.0 Å². The summed E-state index contributed by atoms with van der Waals surface area (Å²) in [5.41, 5.74) is 5.90. The van der Waals surface area contributed by atoms with Crippen molar-refractivity contribution >= 4 is 33.8 Å². The van der Waals surface area contributed by atoms with Crippen LogP contribution in [0, 0.1) is 0 Å². The highest BCUT2D eigenvalue weighted by Crippen LogP contribution is 2.38. The predicted molar refractivity (Wildman–Crippen MR) is 147 cm³/mol. The van der Waals surface area contributed by atoms with Gasteiger partial charge in [0.05, 0.1) is 41.6 Å². The quantitative estimate of drug-likeness (QED) is 0.361. The van der Waals surface area contributed by atoms with Crippen LogP contribution >= 0.6 is 0 Å². The predicted octanol–water partition coefficient (Wildman–Crippen LogP) is 4.36. The molecule has 2 N–H and O–H groups in total. The molecule has 0 atom stereocenters. The Balaban J connectivity index is 1.38. The molecule has 1 fully saturated rings. The van der Waals surface area contributed by atoms with Gasteiger partial charge in [0.15, 0.2) is 0 Å². The molecule has 3 heterocycles. The molecule has 4 aromatic rings. The second-order valence-corrected chi connectivity index (χ2v) is 9.25. The fourth-order valence-electron chi connectivity index (χ4n) is 4.81. The Morgan fingerprint density at radius 2 is 1.89 bits per heavy atom. The molecule has 2 aromatic carbocycles. The minimum Gasteiger partial charge on any atom is -0.494 e. The number of anilines is 4. The molecule has 36 heavy (non-hydrogen) atoms. The molecule has 5 rings (SSSR count). The third-order valence-electron chi connectivity index (χ3n) is 6.92. The molecule has 9 nitrogen and oxygen atoms in total. The molecular formula is C27H34N8O. The van der Waals surface area contributed by atoms with Crippen molar-refractivity contribution in [2.75, 3.05) is 62.9 Å². The minimum atomic E-state index is 0.696. The average molecular weight is 487 g/mol. The normalized spacial score (nSPS) is 13.8. The van der Waals surface area contributed by atoms with E-state index in [-0.39, 0.29) is 0 Å². The average Bonchev–Trinajstić information content (AvgIpc) is 3.56. The highest BCUT2D eigenvalue weighted by atomic mass is 16.5. The lowest BCUT2D eigenvalue weighted by Crippen LogP contribution is -2.31. The van der Waals surface area contributed by atoms with E-state index >= 15 is 0 Å². The summed E-state index contributed by atoms with van der Waals surface area (Å²) < 4.78 is 7.64. The monoisotopic (exact) mass is 486 g/mol. The van der Waals surface area contributed by atoms with Gasteiger partial charge >= 0.3 is 0 Å². The van der Waals surface area contributed by atoms with Gasteiger partial charge in [0.1, 0.15) is 17.9 Å². The summed E-state index contributed by atoms with van der Waals surface area (Å²) in [5, 5.41) is 12.2. The molecule has 0 unspecified atom stereocenters. The zero-order valence-corrected chi connectivity index (χ0v) is 21.5. The lowest BCUT2D eigenvalue weighted by atomic mass is 10.1. The third kappa shape index (κ3) is 4.92. The van der Waals surface area contributed by atoms with Gasteiger partial charge in [-0.15, -0.1) is 0 Å². The van der Waals surface area contributed by atoms with Crippen LogP contribution in [0.3, 0.4) is 0 Å². The number of hydrogen-bond acceptors (Lipinski definition) is 8. The van der Waals surface area contributed by atoms with Gasteiger partial charge < -0.3 is 25.2 Å². The smallest absolute Gasteiger partial charge is 0.144 e. The van der Waals surface area contributed by atoms with E-state index in [2.05, 4.69) is 72.9 Å². The highest BCUT2D eigenvalue weighted by Gasteiger charge is 2.17. The first-order valence-electron chi connectivity index (χ1n) is 12.4. The maximum Gasteiger partial charge on any atom is 0.144 e. The van der Waals surface area contributed by atoms with Crippen LogP contribution in [0.5, 0.6) is 5.75 Å². The second-order valence-electron chi connectivity index (χ2n) is 9.25. The summed E-state index contributed by atoms with van der Waals surface area (Å²) in [6, 6.07) is 12.3. The Hall–Kier alpha value is -3.85. The van der Waals surface area contributed by atoms with Gasteiger partial charge in [0.25, 0.3) is 0 Å². The van der Waals surface area contributed by atoms with Crippen molar-refractivity contribution in [2.24, 2.45) is 7.05 Å². The first kappa shape index (κ1) is 23.9. The van der Waals surface area contributed by atoms with Crippen LogP contribution in [0.2, 0.25) is 0 Å². The van der Waals surface area contributed by atoms with Crippen molar-refractivity contribution in [1.82, 2.24) is 24.6 Å². The van der Waals surface area contributed by atoms with Crippen LogP contribution in [-0.4, -0.2) is 72.0 Å². The molecule has 1 aliphatic heterocycles. The van der Waals surface area contributed by atoms with E-state index in [4.69, 9.17) is 4.74 Å². The molecule has 188 valence electrons. The van der Waals surface area contributed by atoms with Crippen molar-refractivity contribution in [3.63, 3.8) is 0 Å². The van der Waals surface area contributed by atoms with Crippen LogP contribution in [0.4, 0.5) is 22.9 Å². The van der Waals surface area contributed by atoms with Crippen molar-refractivity contribution in [2.45, 2.75) is 12.8 Å². The first-order chi connectivity index (χ1) is 17.6. The molecule has 0 amide bonds. The van der Waals surface area contributed by atoms with Gasteiger partial charge in [0, 0.05) is 57.3 Å². The Bertz CT molecular complexity index is 1350. The number of likely N-dealkylation sites (N-methyl/N-ethyl adjacent to an activating group) is 1. The summed E-state index contributed by atoms with van der Waals surface area (Å²) in [7, 11) is 7.72. The Morgan fingerprint density at radius 1 is 1.06 bits per heavy atom. The van der Waals surface area contributed by atoms with Gasteiger partial charge in [-0.2, -0.15) is 5.10 Å². The summed E-state index contributed by atoms with van der Waals surface area (Å²) in [6.07, 6.45) is 6.06. The second kappa shape index (κ2) is 10.4. The zero-order chi connectivity index (χ0) is 25.1. The van der Waals surface area contributed by atoms with E-state index < -0.39 is 0 Å². The van der Waals surface area contributed by atoms with Crippen molar-refractivity contribution in [3.8, 4) is 17.0 Å². The number of aryl methyl sites for hydroxylation is 1. The number of aromatic nitrogens is 4. The van der Waals surface area contributed by atoms with Crippen LogP contribution in [0.1, 0.15) is 12.8 Å². The Kier molecular flexibility index (Phi) is 6.90. The SMILES string of the molecule is CNc1cc(Nc2cc(-c3ccc4c(cnn4C)c3)ncn2)c(OC)cc1N(C)CCN1CCCC1. The summed E-state index contributed by atoms with van der Waals surface area (Å²) >= 11 is 0. The molecule has 2 aromatic heterocycles. The molecule has 0 radical (unpaired) electrons. The molecule has 0 aliphatic carbocycles. The van der Waals surface area contributed by atoms with Gasteiger partial charge in [-0.05, 0) is 44.1 Å². The van der Waals surface area contributed by atoms with Gasteiger partial charge in [-0.1, -0.05) is 6.07 Å². The number of benzene rings is 2. The van der Waals surface area contributed by atoms with Crippen LogP contribution in [0.15, 0.2) is 48.9 Å². The van der Waals surface area contributed by atoms with Gasteiger partial charge in [-0.3, -0.25) is 4.68 Å². The Labute approximate surface area is 212 Å². The number of hydrogen-bond donors (Lipinski definition) is 2. The fourth-order valence-corrected chi connectivity index (χ4v) is 4.81. The largest absolute Gasteiger partial charge is 0.494 e. The van der Waals surface area contributed by atoms with E-state index in [0.717, 1.165) is 58.1 Å². The number of nitrogens with one attached hydrogen (secondary N) is 2. The first-order valence-corrected chi connectivity index (χ1v) is 12.4. The summed E-state index contributed by atoms with van der Waals surface area (Å²) in [4.78, 5) is 13.8. The molecule has 1 saturated heterocycles. The zero-order valence-electron chi connectivity index (χ0n) is 21.5. The van der Waals surface area contributed by atoms with Crippen molar-refractivity contribution < 1.29 is 4.74 Å².